The second-order valence-corrected chi connectivity index (χ2v) is 10.2. The van der Waals surface area contributed by atoms with Crippen LogP contribution in [0.1, 0.15) is 29.6 Å². The van der Waals surface area contributed by atoms with Crippen LogP contribution in [0.5, 0.6) is 5.75 Å². The molecule has 37 heavy (non-hydrogen) atoms. The van der Waals surface area contributed by atoms with Gasteiger partial charge in [0.2, 0.25) is 5.91 Å². The van der Waals surface area contributed by atoms with Crippen LogP contribution in [-0.2, 0) is 15.8 Å². The molecular formula is C25H27N7O4S. The highest BCUT2D eigenvalue weighted by molar-refractivity contribution is 7.82. The monoisotopic (exact) mass is 521 g/mol. The van der Waals surface area contributed by atoms with Crippen LogP contribution in [0.2, 0.25) is 0 Å². The number of anilines is 3. The summed E-state index contributed by atoms with van der Waals surface area (Å²) in [6.45, 7) is 1.60. The van der Waals surface area contributed by atoms with E-state index in [1.165, 1.54) is 20.4 Å². The lowest BCUT2D eigenvalue weighted by atomic mass is 10.1. The van der Waals surface area contributed by atoms with Crippen LogP contribution in [0.4, 0.5) is 17.2 Å². The van der Waals surface area contributed by atoms with Gasteiger partial charge in [-0.15, -0.1) is 0 Å². The Labute approximate surface area is 216 Å². The zero-order valence-electron chi connectivity index (χ0n) is 20.5. The summed E-state index contributed by atoms with van der Waals surface area (Å²) in [5.74, 6) is 0.811. The smallest absolute Gasteiger partial charge is 0.254 e. The standard InChI is InChI=1S/C25H27N7O4S/c1-26-25(34)18-14-27-21(31-24(33)15-7-8-15)11-20(18)30-19-6-3-5-17(22(19)36-2)23-28-12-16(13-29-23)37(35)32-9-4-10-32/h3,5-6,11-15H,4,7-10H2,1-2H3,(H,26,34)(H2,27,30,31,33). The number of rotatable bonds is 9. The molecule has 1 atom stereocenters. The molecule has 1 aromatic carbocycles. The lowest BCUT2D eigenvalue weighted by Gasteiger charge is -2.28. The Hall–Kier alpha value is -3.90. The first-order valence-electron chi connectivity index (χ1n) is 11.9. The molecule has 2 aromatic heterocycles. The highest BCUT2D eigenvalue weighted by atomic mass is 32.2. The van der Waals surface area contributed by atoms with Crippen molar-refractivity contribution in [3.63, 3.8) is 0 Å². The number of para-hydroxylation sites is 1. The minimum Gasteiger partial charge on any atom is -0.494 e. The highest BCUT2D eigenvalue weighted by Crippen LogP contribution is 2.37. The summed E-state index contributed by atoms with van der Waals surface area (Å²) >= 11 is 0. The van der Waals surface area contributed by atoms with E-state index in [9.17, 15) is 13.8 Å². The van der Waals surface area contributed by atoms with Crippen molar-refractivity contribution >= 4 is 40.0 Å². The van der Waals surface area contributed by atoms with Gasteiger partial charge in [0.1, 0.15) is 16.8 Å². The van der Waals surface area contributed by atoms with Gasteiger partial charge >= 0.3 is 0 Å². The Kier molecular flexibility index (Phi) is 7.10. The van der Waals surface area contributed by atoms with Crippen LogP contribution < -0.4 is 20.7 Å². The van der Waals surface area contributed by atoms with Crippen molar-refractivity contribution in [1.29, 1.82) is 0 Å². The van der Waals surface area contributed by atoms with E-state index in [-0.39, 0.29) is 17.7 Å². The molecule has 5 rings (SSSR count). The molecule has 1 unspecified atom stereocenters. The molecule has 3 aromatic rings. The van der Waals surface area contributed by atoms with E-state index < -0.39 is 11.0 Å². The number of hydrogen-bond acceptors (Lipinski definition) is 8. The van der Waals surface area contributed by atoms with Gasteiger partial charge in [0.05, 0.1) is 34.5 Å². The van der Waals surface area contributed by atoms with Crippen molar-refractivity contribution in [1.82, 2.24) is 24.6 Å². The average Bonchev–Trinajstić information content (AvgIpc) is 3.73. The van der Waals surface area contributed by atoms with Crippen LogP contribution in [0.25, 0.3) is 11.4 Å². The van der Waals surface area contributed by atoms with Crippen molar-refractivity contribution in [3.8, 4) is 17.1 Å². The van der Waals surface area contributed by atoms with E-state index in [0.29, 0.717) is 44.8 Å². The SMILES string of the molecule is CNC(=O)c1cnc(NC(=O)C2CC2)cc1Nc1cccc(-c2ncc(S(=O)N3CCC3)cn2)c1OC. The molecule has 1 aliphatic heterocycles. The summed E-state index contributed by atoms with van der Waals surface area (Å²) in [6.07, 6.45) is 7.33. The van der Waals surface area contributed by atoms with E-state index in [0.717, 1.165) is 32.4 Å². The molecule has 2 fully saturated rings. The van der Waals surface area contributed by atoms with Crippen molar-refractivity contribution in [2.24, 2.45) is 5.92 Å². The minimum atomic E-state index is -1.27. The molecule has 2 amide bonds. The topological polar surface area (TPSA) is 138 Å². The molecular weight excluding hydrogens is 494 g/mol. The third kappa shape index (κ3) is 5.30. The number of ether oxygens (including phenoxy) is 1. The number of pyridine rings is 1. The molecule has 192 valence electrons. The summed E-state index contributed by atoms with van der Waals surface area (Å²) in [7, 11) is 1.80. The van der Waals surface area contributed by atoms with Gasteiger partial charge in [-0.1, -0.05) is 6.07 Å². The van der Waals surface area contributed by atoms with Gasteiger partial charge in [0.25, 0.3) is 5.91 Å². The first-order chi connectivity index (χ1) is 18.0. The first kappa shape index (κ1) is 24.8. The van der Waals surface area contributed by atoms with E-state index in [2.05, 4.69) is 30.9 Å². The number of methoxy groups -OCH3 is 1. The molecule has 1 saturated carbocycles. The summed E-state index contributed by atoms with van der Waals surface area (Å²) in [4.78, 5) is 38.4. The molecule has 0 spiro atoms. The Bertz CT molecular complexity index is 1360. The fourth-order valence-corrected chi connectivity index (χ4v) is 5.01. The fraction of sp³-hybridized carbons (Fsp3) is 0.320. The van der Waals surface area contributed by atoms with Crippen molar-refractivity contribution in [2.45, 2.75) is 24.2 Å². The number of nitrogens with zero attached hydrogens (tertiary/aromatic N) is 4. The molecule has 2 aliphatic rings. The Morgan fingerprint density at radius 2 is 1.84 bits per heavy atom. The van der Waals surface area contributed by atoms with Gasteiger partial charge in [0, 0.05) is 50.7 Å². The van der Waals surface area contributed by atoms with E-state index in [4.69, 9.17) is 4.74 Å². The van der Waals surface area contributed by atoms with Crippen molar-refractivity contribution < 1.29 is 18.5 Å². The number of carbonyl (C=O) groups excluding carboxylic acids is 2. The number of hydrogen-bond donors (Lipinski definition) is 3. The van der Waals surface area contributed by atoms with Gasteiger partial charge in [-0.25, -0.2) is 23.5 Å². The zero-order chi connectivity index (χ0) is 25.9. The van der Waals surface area contributed by atoms with Crippen LogP contribution >= 0.6 is 0 Å². The number of nitrogens with one attached hydrogen (secondary N) is 3. The quantitative estimate of drug-likeness (QED) is 0.391. The van der Waals surface area contributed by atoms with Gasteiger partial charge in [-0.05, 0) is 31.4 Å². The number of carbonyl (C=O) groups is 2. The summed E-state index contributed by atoms with van der Waals surface area (Å²) in [5, 5.41) is 8.66. The fourth-order valence-electron chi connectivity index (χ4n) is 3.84. The van der Waals surface area contributed by atoms with Crippen molar-refractivity contribution in [3.05, 3.63) is 48.4 Å². The van der Waals surface area contributed by atoms with Gasteiger partial charge in [0.15, 0.2) is 11.6 Å². The molecule has 3 N–H and O–H groups in total. The van der Waals surface area contributed by atoms with E-state index >= 15 is 0 Å². The molecule has 11 nitrogen and oxygen atoms in total. The molecule has 3 heterocycles. The lowest BCUT2D eigenvalue weighted by molar-refractivity contribution is -0.117. The van der Waals surface area contributed by atoms with Gasteiger partial charge in [-0.2, -0.15) is 0 Å². The number of amides is 2. The predicted octanol–water partition coefficient (Wildman–Crippen LogP) is 2.73. The number of aromatic nitrogens is 3. The average molecular weight is 522 g/mol. The minimum absolute atomic E-state index is 0.0170. The summed E-state index contributed by atoms with van der Waals surface area (Å²) in [5.41, 5.74) is 1.92. The van der Waals surface area contributed by atoms with Crippen LogP contribution in [-0.4, -0.2) is 62.5 Å². The maximum absolute atomic E-state index is 12.6. The molecule has 1 saturated heterocycles. The van der Waals surface area contributed by atoms with Crippen LogP contribution in [0.15, 0.2) is 47.8 Å². The Morgan fingerprint density at radius 1 is 1.08 bits per heavy atom. The maximum atomic E-state index is 12.6. The second kappa shape index (κ2) is 10.6. The molecule has 0 radical (unpaired) electrons. The van der Waals surface area contributed by atoms with Crippen molar-refractivity contribution in [2.75, 3.05) is 37.9 Å². The van der Waals surface area contributed by atoms with Gasteiger partial charge in [-0.3, -0.25) is 9.59 Å². The molecule has 12 heteroatoms. The normalized spacial score (nSPS) is 15.8. The summed E-state index contributed by atoms with van der Waals surface area (Å²) < 4.78 is 20.1. The molecule has 1 aliphatic carbocycles. The lowest BCUT2D eigenvalue weighted by Crippen LogP contribution is -2.38. The Morgan fingerprint density at radius 3 is 2.46 bits per heavy atom. The number of benzene rings is 1. The van der Waals surface area contributed by atoms with Gasteiger partial charge < -0.3 is 20.7 Å². The van der Waals surface area contributed by atoms with E-state index in [1.807, 2.05) is 16.4 Å². The maximum Gasteiger partial charge on any atom is 0.254 e. The van der Waals surface area contributed by atoms with Crippen LogP contribution in [0.3, 0.4) is 0 Å². The summed E-state index contributed by atoms with van der Waals surface area (Å²) in [6, 6.07) is 7.05. The third-order valence-electron chi connectivity index (χ3n) is 6.18. The Balaban J connectivity index is 1.45. The third-order valence-corrected chi connectivity index (χ3v) is 7.63. The zero-order valence-corrected chi connectivity index (χ0v) is 21.3. The largest absolute Gasteiger partial charge is 0.494 e. The van der Waals surface area contributed by atoms with E-state index in [1.54, 1.807) is 24.5 Å². The highest BCUT2D eigenvalue weighted by Gasteiger charge is 2.30. The van der Waals surface area contributed by atoms with Crippen LogP contribution in [0, 0.1) is 5.92 Å². The second-order valence-electron chi connectivity index (χ2n) is 8.74. The first-order valence-corrected chi connectivity index (χ1v) is 13.1. The molecule has 0 bridgehead atoms. The predicted molar refractivity (Wildman–Crippen MR) is 139 cm³/mol.